The first-order valence-electron chi connectivity index (χ1n) is 13.1. The van der Waals surface area contributed by atoms with Crippen molar-refractivity contribution >= 4 is 29.0 Å². The molecule has 0 saturated carbocycles. The van der Waals surface area contributed by atoms with Crippen molar-refractivity contribution < 1.29 is 23.7 Å². The number of para-hydroxylation sites is 2. The van der Waals surface area contributed by atoms with Crippen molar-refractivity contribution in [3.8, 4) is 35.5 Å². The van der Waals surface area contributed by atoms with Crippen LogP contribution in [0.2, 0.25) is 5.15 Å². The van der Waals surface area contributed by atoms with Crippen LogP contribution in [-0.4, -0.2) is 52.9 Å². The Hall–Kier alpha value is -5.98. The molecule has 0 amide bonds. The minimum absolute atomic E-state index is 0.184. The van der Waals surface area contributed by atoms with Gasteiger partial charge in [0, 0.05) is 25.4 Å². The molecule has 228 valence electrons. The molecule has 0 saturated heterocycles. The minimum atomic E-state index is -0.576. The second-order valence-corrected chi connectivity index (χ2v) is 9.25. The van der Waals surface area contributed by atoms with Crippen molar-refractivity contribution in [2.24, 2.45) is 4.99 Å². The molecule has 45 heavy (non-hydrogen) atoms. The van der Waals surface area contributed by atoms with E-state index in [2.05, 4.69) is 26.0 Å². The largest absolute Gasteiger partial charge is 0.503 e. The second-order valence-electron chi connectivity index (χ2n) is 8.87. The van der Waals surface area contributed by atoms with Crippen LogP contribution in [0.15, 0.2) is 90.5 Å². The molecule has 0 unspecified atom stereocenters. The number of hydrogen-bond acceptors (Lipinski definition) is 11. The lowest BCUT2D eigenvalue weighted by atomic mass is 10.1. The fourth-order valence-corrected chi connectivity index (χ4v) is 3.69. The zero-order chi connectivity index (χ0) is 32.6. The first kappa shape index (κ1) is 33.5. The summed E-state index contributed by atoms with van der Waals surface area (Å²) in [4.78, 5) is 29.7. The molecule has 0 aliphatic carbocycles. The third kappa shape index (κ3) is 10.1. The quantitative estimate of drug-likeness (QED) is 0.0399. The van der Waals surface area contributed by atoms with Crippen molar-refractivity contribution in [3.63, 3.8) is 0 Å². The molecule has 13 heteroatoms. The molecule has 4 rings (SSSR count). The molecule has 0 spiro atoms. The van der Waals surface area contributed by atoms with Gasteiger partial charge in [-0.3, -0.25) is 0 Å². The summed E-state index contributed by atoms with van der Waals surface area (Å²) in [6, 6.07) is 20.8. The molecule has 0 aliphatic heterocycles. The van der Waals surface area contributed by atoms with E-state index in [9.17, 15) is 10.1 Å². The summed E-state index contributed by atoms with van der Waals surface area (Å²) in [6.45, 7) is 2.44. The summed E-state index contributed by atoms with van der Waals surface area (Å²) in [6.07, 6.45) is 6.01. The molecule has 0 bridgehead atoms. The van der Waals surface area contributed by atoms with Gasteiger partial charge in [-0.15, -0.1) is 0 Å². The van der Waals surface area contributed by atoms with Crippen molar-refractivity contribution in [2.75, 3.05) is 21.3 Å². The average molecular weight is 626 g/mol. The van der Waals surface area contributed by atoms with E-state index < -0.39 is 5.97 Å². The Kier molecular flexibility index (Phi) is 12.8. The lowest BCUT2D eigenvalue weighted by Gasteiger charge is -2.17. The van der Waals surface area contributed by atoms with Crippen LogP contribution < -0.4 is 9.47 Å². The van der Waals surface area contributed by atoms with Crippen molar-refractivity contribution in [3.05, 3.63) is 107 Å². The maximum Gasteiger partial charge on any atom is 0.341 e. The van der Waals surface area contributed by atoms with Crippen LogP contribution in [0.4, 0.5) is 0 Å². The zero-order valence-electron chi connectivity index (χ0n) is 24.8. The summed E-state index contributed by atoms with van der Waals surface area (Å²) in [5.74, 6) is 1.19. The number of methoxy groups -OCH3 is 2. The molecule has 0 atom stereocenters. The average Bonchev–Trinajstić information content (AvgIpc) is 3.05. The Morgan fingerprint density at radius 3 is 2.27 bits per heavy atom. The Bertz CT molecular complexity index is 1750. The van der Waals surface area contributed by atoms with E-state index in [0.717, 1.165) is 5.56 Å². The SMILES string of the molecule is C/C(=N\C#N)N(C)Cc1ccc(Cl)nc1.CO/C=C(/C(=O)OC)c1ccccc1Oc1cc(Oc2ccccc2C#N)ncn1. The van der Waals surface area contributed by atoms with Gasteiger partial charge >= 0.3 is 5.97 Å². The minimum Gasteiger partial charge on any atom is -0.503 e. The second kappa shape index (κ2) is 17.2. The Labute approximate surface area is 265 Å². The van der Waals surface area contributed by atoms with Crippen molar-refractivity contribution in [1.29, 1.82) is 10.5 Å². The molecular formula is C32H28ClN7O5. The molecule has 2 aromatic carbocycles. The molecule has 0 fully saturated rings. The fraction of sp³-hybridized carbons (Fsp3) is 0.156. The number of aromatic nitrogens is 3. The van der Waals surface area contributed by atoms with E-state index in [0.29, 0.717) is 40.2 Å². The topological polar surface area (TPSA) is 156 Å². The van der Waals surface area contributed by atoms with Crippen LogP contribution in [0.3, 0.4) is 0 Å². The molecular weight excluding hydrogens is 598 g/mol. The highest BCUT2D eigenvalue weighted by atomic mass is 35.5. The van der Waals surface area contributed by atoms with Gasteiger partial charge in [-0.25, -0.2) is 19.7 Å². The van der Waals surface area contributed by atoms with E-state index in [1.54, 1.807) is 73.9 Å². The third-order valence-electron chi connectivity index (χ3n) is 5.84. The van der Waals surface area contributed by atoms with E-state index >= 15 is 0 Å². The molecule has 4 aromatic rings. The van der Waals surface area contributed by atoms with Gasteiger partial charge < -0.3 is 23.8 Å². The van der Waals surface area contributed by atoms with Crippen molar-refractivity contribution in [1.82, 2.24) is 19.9 Å². The van der Waals surface area contributed by atoms with Gasteiger partial charge in [-0.2, -0.15) is 15.5 Å². The summed E-state index contributed by atoms with van der Waals surface area (Å²) in [5.41, 5.74) is 2.04. The summed E-state index contributed by atoms with van der Waals surface area (Å²) < 4.78 is 21.4. The smallest absolute Gasteiger partial charge is 0.341 e. The van der Waals surface area contributed by atoms with Gasteiger partial charge in [-0.1, -0.05) is 48.0 Å². The highest BCUT2D eigenvalue weighted by molar-refractivity contribution is 6.29. The summed E-state index contributed by atoms with van der Waals surface area (Å²) in [7, 11) is 4.58. The number of aliphatic imine (C=N–C) groups is 1. The number of carbonyl (C=O) groups is 1. The summed E-state index contributed by atoms with van der Waals surface area (Å²) >= 11 is 5.67. The van der Waals surface area contributed by atoms with Gasteiger partial charge in [0.15, 0.2) is 0 Å². The van der Waals surface area contributed by atoms with Crippen molar-refractivity contribution in [2.45, 2.75) is 13.5 Å². The number of halogens is 1. The molecule has 0 radical (unpaired) electrons. The molecule has 0 N–H and O–H groups in total. The van der Waals surface area contributed by atoms with Gasteiger partial charge in [0.1, 0.15) is 40.5 Å². The van der Waals surface area contributed by atoms with Gasteiger partial charge in [-0.05, 0) is 36.8 Å². The number of carbonyl (C=O) groups excluding carboxylic acids is 1. The van der Waals surface area contributed by atoms with Gasteiger partial charge in [0.25, 0.3) is 0 Å². The van der Waals surface area contributed by atoms with Crippen LogP contribution >= 0.6 is 11.6 Å². The highest BCUT2D eigenvalue weighted by Gasteiger charge is 2.18. The zero-order valence-corrected chi connectivity index (χ0v) is 25.6. The lowest BCUT2D eigenvalue weighted by Crippen LogP contribution is -2.23. The van der Waals surface area contributed by atoms with Gasteiger partial charge in [0.2, 0.25) is 18.0 Å². The van der Waals surface area contributed by atoms with E-state index in [1.807, 2.05) is 18.0 Å². The van der Waals surface area contributed by atoms with Crippen LogP contribution in [0, 0.1) is 22.8 Å². The number of benzene rings is 2. The maximum atomic E-state index is 12.1. The molecule has 2 heterocycles. The Balaban J connectivity index is 0.000000309. The van der Waals surface area contributed by atoms with E-state index in [4.69, 9.17) is 35.8 Å². The first-order chi connectivity index (χ1) is 21.8. The number of esters is 1. The van der Waals surface area contributed by atoms with Crippen LogP contribution in [0.25, 0.3) is 5.57 Å². The Morgan fingerprint density at radius 1 is 0.978 bits per heavy atom. The number of pyridine rings is 1. The number of rotatable bonds is 9. The standard InChI is InChI=1S/C22H17N3O5.C10H11ClN4/c1-27-13-17(22(26)28-2)16-8-4-6-10-19(16)30-21-11-20(24-14-25-21)29-18-9-5-3-7-15(18)12-23;1-8(14-7-12)15(2)6-9-3-4-10(11)13-5-9/h3-11,13-14H,1-2H3;3-5H,6H2,1-2H3/b17-13+;14-8+. The Morgan fingerprint density at radius 2 is 1.64 bits per heavy atom. The number of nitrogens with zero attached hydrogens (tertiary/aromatic N) is 7. The number of nitriles is 2. The first-order valence-corrected chi connectivity index (χ1v) is 13.5. The lowest BCUT2D eigenvalue weighted by molar-refractivity contribution is -0.133. The van der Waals surface area contributed by atoms with E-state index in [-0.39, 0.29) is 17.3 Å². The third-order valence-corrected chi connectivity index (χ3v) is 6.07. The highest BCUT2D eigenvalue weighted by Crippen LogP contribution is 2.32. The predicted molar refractivity (Wildman–Crippen MR) is 166 cm³/mol. The van der Waals surface area contributed by atoms with Crippen LogP contribution in [-0.2, 0) is 20.8 Å². The molecule has 0 aliphatic rings. The van der Waals surface area contributed by atoms with Crippen LogP contribution in [0.1, 0.15) is 23.6 Å². The number of ether oxygens (including phenoxy) is 4. The predicted octanol–water partition coefficient (Wildman–Crippen LogP) is 6.16. The summed E-state index contributed by atoms with van der Waals surface area (Å²) in [5, 5.41) is 18.1. The number of hydrogen-bond donors (Lipinski definition) is 0. The number of amidine groups is 1. The molecule has 2 aromatic heterocycles. The van der Waals surface area contributed by atoms with Gasteiger partial charge in [0.05, 0.1) is 32.1 Å². The van der Waals surface area contributed by atoms with Crippen LogP contribution in [0.5, 0.6) is 23.3 Å². The maximum absolute atomic E-state index is 12.1. The monoisotopic (exact) mass is 625 g/mol. The fourth-order valence-electron chi connectivity index (χ4n) is 3.58. The normalized spacial score (nSPS) is 10.7. The molecule has 12 nitrogen and oxygen atoms in total. The van der Waals surface area contributed by atoms with E-state index in [1.165, 1.54) is 32.9 Å².